The molecular formula is C13H25NO2. The van der Waals surface area contributed by atoms with Crippen molar-refractivity contribution in [2.45, 2.75) is 52.4 Å². The van der Waals surface area contributed by atoms with Crippen LogP contribution in [0.2, 0.25) is 0 Å². The summed E-state index contributed by atoms with van der Waals surface area (Å²) in [6.07, 6.45) is 6.77. The third-order valence-corrected chi connectivity index (χ3v) is 3.80. The summed E-state index contributed by atoms with van der Waals surface area (Å²) in [4.78, 5) is 13.5. The van der Waals surface area contributed by atoms with Gasteiger partial charge < -0.3 is 10.0 Å². The molecular weight excluding hydrogens is 202 g/mol. The van der Waals surface area contributed by atoms with E-state index < -0.39 is 11.4 Å². The van der Waals surface area contributed by atoms with Crippen LogP contribution >= 0.6 is 0 Å². The normalized spacial score (nSPS) is 20.9. The van der Waals surface area contributed by atoms with Gasteiger partial charge in [0.15, 0.2) is 0 Å². The van der Waals surface area contributed by atoms with Crippen molar-refractivity contribution in [3.8, 4) is 0 Å². The average molecular weight is 227 g/mol. The molecule has 1 aliphatic heterocycles. The summed E-state index contributed by atoms with van der Waals surface area (Å²) in [5, 5.41) is 9.11. The first-order chi connectivity index (χ1) is 7.58. The minimum absolute atomic E-state index is 0.472. The van der Waals surface area contributed by atoms with Crippen molar-refractivity contribution < 1.29 is 9.90 Å². The molecule has 0 aromatic carbocycles. The molecule has 0 radical (unpaired) electrons. The van der Waals surface area contributed by atoms with E-state index >= 15 is 0 Å². The molecule has 16 heavy (non-hydrogen) atoms. The number of piperidine rings is 1. The molecule has 94 valence electrons. The van der Waals surface area contributed by atoms with Gasteiger partial charge in [-0.25, -0.2) is 0 Å². The van der Waals surface area contributed by atoms with E-state index in [1.807, 2.05) is 6.92 Å². The molecule has 0 bridgehead atoms. The number of carbonyl (C=O) groups is 1. The Balaban J connectivity index is 2.19. The van der Waals surface area contributed by atoms with Crippen molar-refractivity contribution in [3.63, 3.8) is 0 Å². The monoisotopic (exact) mass is 227 g/mol. The molecule has 3 nitrogen and oxygen atoms in total. The van der Waals surface area contributed by atoms with E-state index in [2.05, 4.69) is 11.8 Å². The van der Waals surface area contributed by atoms with Crippen molar-refractivity contribution in [1.29, 1.82) is 0 Å². The SMILES string of the molecule is CCCCCCN1CCC(C)(C(=O)O)CC1. The van der Waals surface area contributed by atoms with Gasteiger partial charge in [0.1, 0.15) is 0 Å². The maximum Gasteiger partial charge on any atom is 0.309 e. The zero-order chi connectivity index (χ0) is 12.0. The maximum atomic E-state index is 11.1. The predicted octanol–water partition coefficient (Wildman–Crippen LogP) is 2.75. The number of rotatable bonds is 6. The first-order valence-electron chi connectivity index (χ1n) is 6.54. The maximum absolute atomic E-state index is 11.1. The Hall–Kier alpha value is -0.570. The first-order valence-corrected chi connectivity index (χ1v) is 6.54. The van der Waals surface area contributed by atoms with Crippen LogP contribution < -0.4 is 0 Å². The summed E-state index contributed by atoms with van der Waals surface area (Å²) < 4.78 is 0. The zero-order valence-corrected chi connectivity index (χ0v) is 10.7. The summed E-state index contributed by atoms with van der Waals surface area (Å²) in [5.41, 5.74) is -0.472. The molecule has 0 atom stereocenters. The van der Waals surface area contributed by atoms with Gasteiger partial charge in [0.25, 0.3) is 0 Å². The molecule has 1 saturated heterocycles. The zero-order valence-electron chi connectivity index (χ0n) is 10.7. The number of nitrogens with zero attached hydrogens (tertiary/aromatic N) is 1. The van der Waals surface area contributed by atoms with E-state index in [-0.39, 0.29) is 0 Å². The smallest absolute Gasteiger partial charge is 0.309 e. The average Bonchev–Trinajstić information content (AvgIpc) is 2.27. The van der Waals surface area contributed by atoms with Gasteiger partial charge in [-0.15, -0.1) is 0 Å². The quantitative estimate of drug-likeness (QED) is 0.709. The molecule has 1 fully saturated rings. The van der Waals surface area contributed by atoms with Crippen molar-refractivity contribution in [1.82, 2.24) is 4.90 Å². The highest BCUT2D eigenvalue weighted by atomic mass is 16.4. The predicted molar refractivity (Wildman–Crippen MR) is 65.6 cm³/mol. The van der Waals surface area contributed by atoms with Crippen molar-refractivity contribution >= 4 is 5.97 Å². The fourth-order valence-corrected chi connectivity index (χ4v) is 2.25. The highest BCUT2D eigenvalue weighted by Gasteiger charge is 2.36. The molecule has 3 heteroatoms. The van der Waals surface area contributed by atoms with Crippen LogP contribution in [-0.4, -0.2) is 35.6 Å². The molecule has 0 spiro atoms. The molecule has 1 rings (SSSR count). The van der Waals surface area contributed by atoms with Gasteiger partial charge in [-0.2, -0.15) is 0 Å². The van der Waals surface area contributed by atoms with E-state index in [1.54, 1.807) is 0 Å². The summed E-state index contributed by atoms with van der Waals surface area (Å²) in [6.45, 7) is 7.16. The Bertz CT molecular complexity index is 220. The van der Waals surface area contributed by atoms with Gasteiger partial charge >= 0.3 is 5.97 Å². The number of likely N-dealkylation sites (tertiary alicyclic amines) is 1. The minimum Gasteiger partial charge on any atom is -0.481 e. The minimum atomic E-state index is -0.627. The third-order valence-electron chi connectivity index (χ3n) is 3.80. The second-order valence-corrected chi connectivity index (χ2v) is 5.27. The first kappa shape index (κ1) is 13.5. The van der Waals surface area contributed by atoms with Crippen LogP contribution in [0.15, 0.2) is 0 Å². The van der Waals surface area contributed by atoms with E-state index in [0.717, 1.165) is 32.5 Å². The number of aliphatic carboxylic acids is 1. The lowest BCUT2D eigenvalue weighted by Crippen LogP contribution is -2.42. The molecule has 0 aromatic heterocycles. The molecule has 1 N–H and O–H groups in total. The standard InChI is InChI=1S/C13H25NO2/c1-3-4-5-6-9-14-10-7-13(2,8-11-14)12(15)16/h3-11H2,1-2H3,(H,15,16). The van der Waals surface area contributed by atoms with Crippen LogP contribution in [0.1, 0.15) is 52.4 Å². The topological polar surface area (TPSA) is 40.5 Å². The Morgan fingerprint density at radius 3 is 2.38 bits per heavy atom. The Morgan fingerprint density at radius 2 is 1.88 bits per heavy atom. The van der Waals surface area contributed by atoms with E-state index in [9.17, 15) is 4.79 Å². The Kier molecular flexibility index (Phi) is 5.26. The van der Waals surface area contributed by atoms with Crippen LogP contribution in [0.5, 0.6) is 0 Å². The highest BCUT2D eigenvalue weighted by Crippen LogP contribution is 2.31. The molecule has 1 heterocycles. The van der Waals surface area contributed by atoms with Crippen LogP contribution in [0, 0.1) is 5.41 Å². The summed E-state index contributed by atoms with van der Waals surface area (Å²) in [5.74, 6) is -0.627. The Morgan fingerprint density at radius 1 is 1.25 bits per heavy atom. The van der Waals surface area contributed by atoms with Crippen molar-refractivity contribution in [2.75, 3.05) is 19.6 Å². The molecule has 0 amide bonds. The molecule has 0 aliphatic carbocycles. The van der Waals surface area contributed by atoms with Crippen LogP contribution in [0.4, 0.5) is 0 Å². The van der Waals surface area contributed by atoms with E-state index in [0.29, 0.717) is 0 Å². The second-order valence-electron chi connectivity index (χ2n) is 5.27. The molecule has 0 saturated carbocycles. The summed E-state index contributed by atoms with van der Waals surface area (Å²) in [7, 11) is 0. The molecule has 0 unspecified atom stereocenters. The molecule has 0 aromatic rings. The van der Waals surface area contributed by atoms with Crippen molar-refractivity contribution in [3.05, 3.63) is 0 Å². The number of carboxylic acid groups (broad SMARTS) is 1. The third kappa shape index (κ3) is 3.78. The number of hydrogen-bond acceptors (Lipinski definition) is 2. The largest absolute Gasteiger partial charge is 0.481 e. The fraction of sp³-hybridized carbons (Fsp3) is 0.923. The van der Waals surface area contributed by atoms with Crippen molar-refractivity contribution in [2.24, 2.45) is 5.41 Å². The number of unbranched alkanes of at least 4 members (excludes halogenated alkanes) is 3. The lowest BCUT2D eigenvalue weighted by atomic mass is 9.80. The fourth-order valence-electron chi connectivity index (χ4n) is 2.25. The van der Waals surface area contributed by atoms with Crippen LogP contribution in [0.25, 0.3) is 0 Å². The van der Waals surface area contributed by atoms with Gasteiger partial charge in [-0.3, -0.25) is 4.79 Å². The summed E-state index contributed by atoms with van der Waals surface area (Å²) >= 11 is 0. The van der Waals surface area contributed by atoms with Crippen LogP contribution in [-0.2, 0) is 4.79 Å². The molecule has 1 aliphatic rings. The van der Waals surface area contributed by atoms with Gasteiger partial charge in [0.05, 0.1) is 5.41 Å². The van der Waals surface area contributed by atoms with E-state index in [1.165, 1.54) is 25.7 Å². The number of carboxylic acids is 1. The Labute approximate surface area is 98.8 Å². The number of hydrogen-bond donors (Lipinski definition) is 1. The summed E-state index contributed by atoms with van der Waals surface area (Å²) in [6, 6.07) is 0. The van der Waals surface area contributed by atoms with E-state index in [4.69, 9.17) is 5.11 Å². The van der Waals surface area contributed by atoms with Crippen LogP contribution in [0.3, 0.4) is 0 Å². The lowest BCUT2D eigenvalue weighted by Gasteiger charge is -2.36. The highest BCUT2D eigenvalue weighted by molar-refractivity contribution is 5.74. The second kappa shape index (κ2) is 6.24. The van der Waals surface area contributed by atoms with Gasteiger partial charge in [-0.05, 0) is 45.8 Å². The van der Waals surface area contributed by atoms with Gasteiger partial charge in [-0.1, -0.05) is 26.2 Å². The van der Waals surface area contributed by atoms with Gasteiger partial charge in [0.2, 0.25) is 0 Å². The van der Waals surface area contributed by atoms with Gasteiger partial charge in [0, 0.05) is 0 Å². The lowest BCUT2D eigenvalue weighted by molar-refractivity contribution is -0.150.